The Morgan fingerprint density at radius 3 is 2.22 bits per heavy atom. The van der Waals surface area contributed by atoms with Crippen molar-refractivity contribution in [1.29, 1.82) is 0 Å². The fraction of sp³-hybridized carbons (Fsp3) is 0.222. The van der Waals surface area contributed by atoms with Gasteiger partial charge in [-0.05, 0) is 55.5 Å². The Hall–Kier alpha value is -2.42. The van der Waals surface area contributed by atoms with E-state index in [9.17, 15) is 18.0 Å². The Labute approximate surface area is 162 Å². The first kappa shape index (κ1) is 20.9. The van der Waals surface area contributed by atoms with E-state index in [0.717, 1.165) is 0 Å². The van der Waals surface area contributed by atoms with Crippen LogP contribution in [0, 0.1) is 0 Å². The average Bonchev–Trinajstić information content (AvgIpc) is 2.66. The van der Waals surface area contributed by atoms with Gasteiger partial charge in [0.15, 0.2) is 12.4 Å². The van der Waals surface area contributed by atoms with Crippen molar-refractivity contribution >= 4 is 33.4 Å². The highest BCUT2D eigenvalue weighted by Gasteiger charge is 2.24. The third-order valence-electron chi connectivity index (χ3n) is 3.57. The molecule has 7 nitrogen and oxygen atoms in total. The van der Waals surface area contributed by atoms with E-state index < -0.39 is 34.4 Å². The predicted octanol–water partition coefficient (Wildman–Crippen LogP) is 2.44. The van der Waals surface area contributed by atoms with Gasteiger partial charge in [-0.2, -0.15) is 4.72 Å². The minimum atomic E-state index is -3.93. The monoisotopic (exact) mass is 411 g/mol. The summed E-state index contributed by atoms with van der Waals surface area (Å²) in [4.78, 5) is 24.0. The maximum Gasteiger partial charge on any atom is 0.324 e. The molecule has 0 saturated heterocycles. The lowest BCUT2D eigenvalue weighted by atomic mass is 10.1. The minimum absolute atomic E-state index is 0.0276. The average molecular weight is 412 g/mol. The van der Waals surface area contributed by atoms with E-state index in [1.807, 2.05) is 0 Å². The van der Waals surface area contributed by atoms with Crippen LogP contribution in [0.4, 0.5) is 0 Å². The molecule has 0 radical (unpaired) electrons. The van der Waals surface area contributed by atoms with Crippen LogP contribution < -0.4 is 9.46 Å². The number of esters is 1. The van der Waals surface area contributed by atoms with Gasteiger partial charge in [-0.25, -0.2) is 8.42 Å². The molecule has 9 heteroatoms. The van der Waals surface area contributed by atoms with Crippen LogP contribution in [0.1, 0.15) is 17.3 Å². The Balaban J connectivity index is 1.93. The van der Waals surface area contributed by atoms with Crippen LogP contribution in [-0.4, -0.2) is 39.9 Å². The second-order valence-electron chi connectivity index (χ2n) is 5.56. The first-order chi connectivity index (χ1) is 12.7. The molecule has 0 aromatic heterocycles. The first-order valence-electron chi connectivity index (χ1n) is 7.84. The van der Waals surface area contributed by atoms with Gasteiger partial charge in [0.25, 0.3) is 0 Å². The molecule has 0 amide bonds. The largest absolute Gasteiger partial charge is 0.497 e. The van der Waals surface area contributed by atoms with Gasteiger partial charge in [0.05, 0.1) is 12.0 Å². The number of methoxy groups -OCH3 is 1. The van der Waals surface area contributed by atoms with Gasteiger partial charge >= 0.3 is 5.97 Å². The van der Waals surface area contributed by atoms with Crippen molar-refractivity contribution in [1.82, 2.24) is 4.72 Å². The van der Waals surface area contributed by atoms with Crippen molar-refractivity contribution in [3.8, 4) is 5.75 Å². The number of hydrogen-bond acceptors (Lipinski definition) is 6. The maximum absolute atomic E-state index is 12.3. The molecule has 1 atom stereocenters. The summed E-state index contributed by atoms with van der Waals surface area (Å²) in [5.74, 6) is -0.790. The lowest BCUT2D eigenvalue weighted by Gasteiger charge is -2.14. The molecule has 0 unspecified atom stereocenters. The zero-order valence-corrected chi connectivity index (χ0v) is 16.2. The summed E-state index contributed by atoms with van der Waals surface area (Å²) in [6.45, 7) is 0.825. The number of carbonyl (C=O) groups excluding carboxylic acids is 2. The van der Waals surface area contributed by atoms with Crippen LogP contribution in [0.25, 0.3) is 0 Å². The van der Waals surface area contributed by atoms with Gasteiger partial charge in [0.1, 0.15) is 11.8 Å². The van der Waals surface area contributed by atoms with Crippen LogP contribution >= 0.6 is 11.6 Å². The van der Waals surface area contributed by atoms with Crippen LogP contribution in [0.2, 0.25) is 5.02 Å². The highest BCUT2D eigenvalue weighted by atomic mass is 35.5. The van der Waals surface area contributed by atoms with Gasteiger partial charge in [-0.3, -0.25) is 9.59 Å². The molecule has 0 heterocycles. The number of carbonyl (C=O) groups is 2. The summed E-state index contributed by atoms with van der Waals surface area (Å²) in [5, 5.41) is 0.477. The third-order valence-corrected chi connectivity index (χ3v) is 5.38. The third kappa shape index (κ3) is 5.78. The van der Waals surface area contributed by atoms with Crippen LogP contribution in [-0.2, 0) is 19.6 Å². The molecule has 27 heavy (non-hydrogen) atoms. The van der Waals surface area contributed by atoms with Crippen molar-refractivity contribution < 1.29 is 27.5 Å². The predicted molar refractivity (Wildman–Crippen MR) is 99.5 cm³/mol. The summed E-state index contributed by atoms with van der Waals surface area (Å²) in [7, 11) is -2.47. The van der Waals surface area contributed by atoms with E-state index in [2.05, 4.69) is 4.72 Å². The molecule has 0 aliphatic heterocycles. The van der Waals surface area contributed by atoms with Crippen LogP contribution in [0.15, 0.2) is 53.4 Å². The fourth-order valence-electron chi connectivity index (χ4n) is 2.08. The molecule has 2 aromatic carbocycles. The van der Waals surface area contributed by atoms with Gasteiger partial charge in [0, 0.05) is 10.6 Å². The first-order valence-corrected chi connectivity index (χ1v) is 9.71. The summed E-state index contributed by atoms with van der Waals surface area (Å²) in [5.41, 5.74) is 0.332. The number of Topliss-reactive ketones (excluding diaryl/α,β-unsaturated/α-hetero) is 1. The van der Waals surface area contributed by atoms with Gasteiger partial charge in [-0.1, -0.05) is 11.6 Å². The SMILES string of the molecule is COc1ccc(S(=O)(=O)N[C@@H](C)C(=O)OCC(=O)c2ccc(Cl)cc2)cc1. The Morgan fingerprint density at radius 2 is 1.67 bits per heavy atom. The van der Waals surface area contributed by atoms with Gasteiger partial charge < -0.3 is 9.47 Å². The van der Waals surface area contributed by atoms with Crippen molar-refractivity contribution in [2.75, 3.05) is 13.7 Å². The van der Waals surface area contributed by atoms with Crippen molar-refractivity contribution in [3.05, 3.63) is 59.1 Å². The van der Waals surface area contributed by atoms with Crippen LogP contribution in [0.5, 0.6) is 5.75 Å². The molecule has 0 spiro atoms. The topological polar surface area (TPSA) is 98.8 Å². The Bertz CT molecular complexity index is 910. The van der Waals surface area contributed by atoms with Crippen molar-refractivity contribution in [2.45, 2.75) is 17.9 Å². The summed E-state index contributed by atoms with van der Waals surface area (Å²) < 4.78 is 36.7. The number of halogens is 1. The zero-order chi connectivity index (χ0) is 20.0. The Kier molecular flexibility index (Phi) is 6.95. The lowest BCUT2D eigenvalue weighted by molar-refractivity contribution is -0.144. The molecule has 0 fully saturated rings. The number of ether oxygens (including phenoxy) is 2. The smallest absolute Gasteiger partial charge is 0.324 e. The minimum Gasteiger partial charge on any atom is -0.497 e. The van der Waals surface area contributed by atoms with Gasteiger partial charge in [0.2, 0.25) is 10.0 Å². The van der Waals surface area contributed by atoms with E-state index >= 15 is 0 Å². The number of rotatable bonds is 8. The maximum atomic E-state index is 12.3. The molecular formula is C18H18ClNO6S. The molecule has 0 bridgehead atoms. The molecule has 2 aromatic rings. The highest BCUT2D eigenvalue weighted by Crippen LogP contribution is 2.16. The second kappa shape index (κ2) is 8.98. The molecule has 0 aliphatic rings. The Morgan fingerprint density at radius 1 is 1.07 bits per heavy atom. The molecular weight excluding hydrogens is 394 g/mol. The molecule has 0 saturated carbocycles. The van der Waals surface area contributed by atoms with Gasteiger partial charge in [-0.15, -0.1) is 0 Å². The number of benzene rings is 2. The quantitative estimate of drug-likeness (QED) is 0.529. The molecule has 144 valence electrons. The standard InChI is InChI=1S/C18H18ClNO6S/c1-12(20-27(23,24)16-9-7-15(25-2)8-10-16)18(22)26-11-17(21)13-3-5-14(19)6-4-13/h3-10,12,20H,11H2,1-2H3/t12-/m0/s1. The second-order valence-corrected chi connectivity index (χ2v) is 7.71. The number of nitrogens with one attached hydrogen (secondary N) is 1. The molecule has 0 aliphatic carbocycles. The highest BCUT2D eigenvalue weighted by molar-refractivity contribution is 7.89. The number of ketones is 1. The van der Waals surface area contributed by atoms with E-state index in [4.69, 9.17) is 21.1 Å². The lowest BCUT2D eigenvalue weighted by Crippen LogP contribution is -2.40. The normalized spacial score (nSPS) is 12.3. The van der Waals surface area contributed by atoms with Crippen LogP contribution in [0.3, 0.4) is 0 Å². The van der Waals surface area contributed by atoms with E-state index in [1.54, 1.807) is 12.1 Å². The fourth-order valence-corrected chi connectivity index (χ4v) is 3.40. The number of hydrogen-bond donors (Lipinski definition) is 1. The van der Waals surface area contributed by atoms with E-state index in [1.165, 1.54) is 50.4 Å². The van der Waals surface area contributed by atoms with E-state index in [0.29, 0.717) is 16.3 Å². The summed E-state index contributed by atoms with van der Waals surface area (Å²) in [6.07, 6.45) is 0. The summed E-state index contributed by atoms with van der Waals surface area (Å²) >= 11 is 5.75. The zero-order valence-electron chi connectivity index (χ0n) is 14.6. The van der Waals surface area contributed by atoms with Crippen molar-refractivity contribution in [2.24, 2.45) is 0 Å². The molecule has 2 rings (SSSR count). The van der Waals surface area contributed by atoms with E-state index in [-0.39, 0.29) is 4.90 Å². The summed E-state index contributed by atoms with van der Waals surface area (Å²) in [6, 6.07) is 10.6. The van der Waals surface area contributed by atoms with Crippen molar-refractivity contribution in [3.63, 3.8) is 0 Å². The molecule has 1 N–H and O–H groups in total. The number of sulfonamides is 1.